The topological polar surface area (TPSA) is 9.23 Å². The molecule has 0 rings (SSSR count). The van der Waals surface area contributed by atoms with E-state index in [0.717, 1.165) is 6.61 Å². The predicted molar refractivity (Wildman–Crippen MR) is 44.2 cm³/mol. The fraction of sp³-hybridized carbons (Fsp3) is 0.625. The number of rotatable bonds is 4. The van der Waals surface area contributed by atoms with E-state index in [9.17, 15) is 0 Å². The first-order valence-electron chi connectivity index (χ1n) is 3.34. The SMILES string of the molecule is CC(C)COC=C=CCCl. The van der Waals surface area contributed by atoms with Gasteiger partial charge in [0.25, 0.3) is 0 Å². The van der Waals surface area contributed by atoms with Gasteiger partial charge < -0.3 is 4.74 Å². The summed E-state index contributed by atoms with van der Waals surface area (Å²) in [6, 6.07) is 0. The molecule has 0 spiro atoms. The molecule has 0 saturated heterocycles. The largest absolute Gasteiger partial charge is 0.493 e. The summed E-state index contributed by atoms with van der Waals surface area (Å²) in [7, 11) is 0. The van der Waals surface area contributed by atoms with Crippen LogP contribution in [0.2, 0.25) is 0 Å². The Morgan fingerprint density at radius 2 is 2.30 bits per heavy atom. The van der Waals surface area contributed by atoms with Crippen molar-refractivity contribution in [3.05, 3.63) is 18.1 Å². The van der Waals surface area contributed by atoms with Crippen LogP contribution in [0.5, 0.6) is 0 Å². The van der Waals surface area contributed by atoms with Crippen LogP contribution in [0.1, 0.15) is 13.8 Å². The molecule has 58 valence electrons. The van der Waals surface area contributed by atoms with E-state index in [0.29, 0.717) is 11.8 Å². The first kappa shape index (κ1) is 9.61. The van der Waals surface area contributed by atoms with Gasteiger partial charge in [-0.05, 0) is 12.0 Å². The molecule has 0 aromatic heterocycles. The molecule has 0 bridgehead atoms. The third-order valence-electron chi connectivity index (χ3n) is 0.776. The minimum atomic E-state index is 0.488. The lowest BCUT2D eigenvalue weighted by Crippen LogP contribution is -1.95. The van der Waals surface area contributed by atoms with Crippen LogP contribution in [0.4, 0.5) is 0 Å². The standard InChI is InChI=1S/C8H13ClO/c1-8(2)7-10-6-4-3-5-9/h3,6,8H,5,7H2,1-2H3. The van der Waals surface area contributed by atoms with Gasteiger partial charge in [-0.3, -0.25) is 0 Å². The number of halogens is 1. The lowest BCUT2D eigenvalue weighted by Gasteiger charge is -2.00. The van der Waals surface area contributed by atoms with Crippen molar-refractivity contribution in [1.29, 1.82) is 0 Å². The molecule has 0 aliphatic heterocycles. The molecule has 0 atom stereocenters. The number of alkyl halides is 1. The Bertz CT molecular complexity index is 123. The fourth-order valence-corrected chi connectivity index (χ4v) is 0.470. The Morgan fingerprint density at radius 3 is 2.80 bits per heavy atom. The van der Waals surface area contributed by atoms with Crippen molar-refractivity contribution >= 4 is 11.6 Å². The van der Waals surface area contributed by atoms with Gasteiger partial charge in [-0.1, -0.05) is 19.6 Å². The Hall–Kier alpha value is -0.390. The molecule has 0 aliphatic rings. The summed E-state index contributed by atoms with van der Waals surface area (Å²) in [6.45, 7) is 4.93. The van der Waals surface area contributed by atoms with E-state index in [1.54, 1.807) is 12.3 Å². The summed E-state index contributed by atoms with van der Waals surface area (Å²) in [4.78, 5) is 0. The van der Waals surface area contributed by atoms with Gasteiger partial charge in [-0.25, -0.2) is 0 Å². The second kappa shape index (κ2) is 6.73. The van der Waals surface area contributed by atoms with Gasteiger partial charge in [0.2, 0.25) is 0 Å². The highest BCUT2D eigenvalue weighted by Crippen LogP contribution is 1.91. The quantitative estimate of drug-likeness (QED) is 0.349. The summed E-state index contributed by atoms with van der Waals surface area (Å²) < 4.78 is 5.07. The fourth-order valence-electron chi connectivity index (χ4n) is 0.381. The van der Waals surface area contributed by atoms with Gasteiger partial charge in [0.1, 0.15) is 6.26 Å². The Kier molecular flexibility index (Phi) is 6.46. The highest BCUT2D eigenvalue weighted by Gasteiger charge is 1.88. The maximum Gasteiger partial charge on any atom is 0.125 e. The van der Waals surface area contributed by atoms with Crippen LogP contribution in [0.3, 0.4) is 0 Å². The smallest absolute Gasteiger partial charge is 0.125 e. The van der Waals surface area contributed by atoms with Crippen LogP contribution >= 0.6 is 11.6 Å². The zero-order valence-corrected chi connectivity index (χ0v) is 7.19. The minimum absolute atomic E-state index is 0.488. The number of hydrogen-bond acceptors (Lipinski definition) is 1. The molecule has 0 N–H and O–H groups in total. The van der Waals surface area contributed by atoms with Crippen molar-refractivity contribution in [3.63, 3.8) is 0 Å². The first-order valence-corrected chi connectivity index (χ1v) is 3.87. The van der Waals surface area contributed by atoms with Crippen molar-refractivity contribution in [1.82, 2.24) is 0 Å². The molecule has 1 nitrogen and oxygen atoms in total. The Balaban J connectivity index is 3.26. The Labute approximate surface area is 67.3 Å². The first-order chi connectivity index (χ1) is 4.77. The average Bonchev–Trinajstić information content (AvgIpc) is 1.87. The van der Waals surface area contributed by atoms with E-state index < -0.39 is 0 Å². The van der Waals surface area contributed by atoms with Crippen molar-refractivity contribution in [2.75, 3.05) is 12.5 Å². The second-order valence-electron chi connectivity index (χ2n) is 2.37. The van der Waals surface area contributed by atoms with Crippen LogP contribution in [0.15, 0.2) is 18.1 Å². The number of ether oxygens (including phenoxy) is 1. The van der Waals surface area contributed by atoms with Gasteiger partial charge in [-0.2, -0.15) is 0 Å². The van der Waals surface area contributed by atoms with E-state index in [4.69, 9.17) is 16.3 Å². The van der Waals surface area contributed by atoms with Crippen LogP contribution in [0.25, 0.3) is 0 Å². The lowest BCUT2D eigenvalue weighted by atomic mass is 10.2. The molecule has 0 unspecified atom stereocenters. The zero-order valence-electron chi connectivity index (χ0n) is 6.43. The van der Waals surface area contributed by atoms with E-state index in [-0.39, 0.29) is 0 Å². The third kappa shape index (κ3) is 7.61. The summed E-state index contributed by atoms with van der Waals surface area (Å²) in [5.41, 5.74) is 2.79. The molecule has 0 aromatic rings. The third-order valence-corrected chi connectivity index (χ3v) is 0.930. The van der Waals surface area contributed by atoms with Gasteiger partial charge in [0.05, 0.1) is 6.61 Å². The van der Waals surface area contributed by atoms with Gasteiger partial charge in [0, 0.05) is 5.88 Å². The van der Waals surface area contributed by atoms with E-state index in [1.165, 1.54) is 0 Å². The monoisotopic (exact) mass is 160 g/mol. The van der Waals surface area contributed by atoms with Gasteiger partial charge >= 0.3 is 0 Å². The minimum Gasteiger partial charge on any atom is -0.493 e. The van der Waals surface area contributed by atoms with Gasteiger partial charge in [-0.15, -0.1) is 11.6 Å². The average molecular weight is 161 g/mol. The van der Waals surface area contributed by atoms with Crippen molar-refractivity contribution in [2.24, 2.45) is 5.92 Å². The maximum atomic E-state index is 5.35. The molecule has 0 fully saturated rings. The van der Waals surface area contributed by atoms with Crippen LogP contribution < -0.4 is 0 Å². The molecule has 10 heavy (non-hydrogen) atoms. The van der Waals surface area contributed by atoms with Crippen LogP contribution in [-0.4, -0.2) is 12.5 Å². The summed E-state index contributed by atoms with van der Waals surface area (Å²) >= 11 is 5.35. The Morgan fingerprint density at radius 1 is 1.60 bits per heavy atom. The molecular formula is C8H13ClO. The number of allylic oxidation sites excluding steroid dienone is 1. The van der Waals surface area contributed by atoms with Gasteiger partial charge in [0.15, 0.2) is 0 Å². The van der Waals surface area contributed by atoms with E-state index in [1.807, 2.05) is 0 Å². The molecule has 0 radical (unpaired) electrons. The van der Waals surface area contributed by atoms with Crippen molar-refractivity contribution in [2.45, 2.75) is 13.8 Å². The number of hydrogen-bond donors (Lipinski definition) is 0. The molecule has 0 aromatic carbocycles. The summed E-state index contributed by atoms with van der Waals surface area (Å²) in [5, 5.41) is 0. The molecule has 0 amide bonds. The molecule has 0 aliphatic carbocycles. The molecule has 2 heteroatoms. The van der Waals surface area contributed by atoms with Crippen molar-refractivity contribution in [3.8, 4) is 0 Å². The zero-order chi connectivity index (χ0) is 7.82. The highest BCUT2D eigenvalue weighted by molar-refractivity contribution is 6.18. The van der Waals surface area contributed by atoms with Crippen LogP contribution in [0, 0.1) is 5.92 Å². The lowest BCUT2D eigenvalue weighted by molar-refractivity contribution is 0.212. The highest BCUT2D eigenvalue weighted by atomic mass is 35.5. The summed E-state index contributed by atoms with van der Waals surface area (Å²) in [6.07, 6.45) is 3.25. The van der Waals surface area contributed by atoms with Crippen LogP contribution in [-0.2, 0) is 4.74 Å². The maximum absolute atomic E-state index is 5.35. The second-order valence-corrected chi connectivity index (χ2v) is 2.68. The predicted octanol–water partition coefficient (Wildman–Crippen LogP) is 2.57. The van der Waals surface area contributed by atoms with Crippen molar-refractivity contribution < 1.29 is 4.74 Å². The van der Waals surface area contributed by atoms with E-state index in [2.05, 4.69) is 19.6 Å². The molecule has 0 saturated carbocycles. The molecular weight excluding hydrogens is 148 g/mol. The normalized spacial score (nSPS) is 8.80. The summed E-state index contributed by atoms with van der Waals surface area (Å²) in [5.74, 6) is 1.05. The van der Waals surface area contributed by atoms with E-state index >= 15 is 0 Å². The molecule has 0 heterocycles.